The number of methoxy groups -OCH3 is 1. The van der Waals surface area contributed by atoms with Crippen molar-refractivity contribution in [3.8, 4) is 5.75 Å². The molecule has 1 atom stereocenters. The van der Waals surface area contributed by atoms with Gasteiger partial charge in [-0.05, 0) is 29.7 Å². The molecule has 2 aliphatic rings. The van der Waals surface area contributed by atoms with E-state index in [1.54, 1.807) is 7.11 Å². The van der Waals surface area contributed by atoms with Crippen LogP contribution in [0.3, 0.4) is 0 Å². The topological polar surface area (TPSA) is 71.0 Å². The Balaban J connectivity index is 1.59. The van der Waals surface area contributed by atoms with Gasteiger partial charge in [0.05, 0.1) is 43.9 Å². The van der Waals surface area contributed by atoms with Crippen LogP contribution in [0.1, 0.15) is 25.1 Å². The number of amidine groups is 1. The normalized spacial score (nSPS) is 18.9. The largest absolute Gasteiger partial charge is 0.497 e. The SMILES string of the molecule is COc1ccc(CNc2cc(N3CCOCC3)cnc2C2=NC(C(C)C)CN2)cc1. The first-order valence-electron chi connectivity index (χ1n) is 10.7. The summed E-state index contributed by atoms with van der Waals surface area (Å²) in [6.45, 7) is 9.24. The first kappa shape index (κ1) is 20.5. The lowest BCUT2D eigenvalue weighted by Crippen LogP contribution is -2.36. The van der Waals surface area contributed by atoms with E-state index in [0.29, 0.717) is 12.5 Å². The minimum absolute atomic E-state index is 0.287. The molecule has 0 spiro atoms. The zero-order valence-electron chi connectivity index (χ0n) is 18.0. The standard InChI is InChI=1S/C23H31N5O2/c1-16(2)21-15-26-23(27-21)22-20(24-13-17-4-6-19(29-3)7-5-17)12-18(14-25-22)28-8-10-30-11-9-28/h4-7,12,14,16,21,24H,8-11,13,15H2,1-3H3,(H,26,27). The molecule has 1 saturated heterocycles. The van der Waals surface area contributed by atoms with E-state index in [1.807, 2.05) is 18.3 Å². The molecule has 2 aliphatic heterocycles. The zero-order valence-corrected chi connectivity index (χ0v) is 18.0. The molecule has 160 valence electrons. The van der Waals surface area contributed by atoms with Crippen molar-refractivity contribution in [1.82, 2.24) is 10.3 Å². The number of nitrogens with one attached hydrogen (secondary N) is 2. The summed E-state index contributed by atoms with van der Waals surface area (Å²) in [5.74, 6) is 2.23. The molecule has 7 nitrogen and oxygen atoms in total. The summed E-state index contributed by atoms with van der Waals surface area (Å²) in [5, 5.41) is 7.04. The van der Waals surface area contributed by atoms with Crippen LogP contribution < -0.4 is 20.3 Å². The first-order chi connectivity index (χ1) is 14.6. The summed E-state index contributed by atoms with van der Waals surface area (Å²) in [5.41, 5.74) is 4.16. The summed E-state index contributed by atoms with van der Waals surface area (Å²) in [7, 11) is 1.68. The van der Waals surface area contributed by atoms with Gasteiger partial charge in [-0.1, -0.05) is 26.0 Å². The average Bonchev–Trinajstić information content (AvgIpc) is 3.29. The number of nitrogens with zero attached hydrogens (tertiary/aromatic N) is 3. The van der Waals surface area contributed by atoms with Gasteiger partial charge in [0, 0.05) is 26.2 Å². The lowest BCUT2D eigenvalue weighted by atomic mass is 10.1. The van der Waals surface area contributed by atoms with Crippen molar-refractivity contribution < 1.29 is 9.47 Å². The van der Waals surface area contributed by atoms with E-state index < -0.39 is 0 Å². The molecule has 1 fully saturated rings. The Hall–Kier alpha value is -2.80. The third-order valence-electron chi connectivity index (χ3n) is 5.66. The predicted molar refractivity (Wildman–Crippen MR) is 121 cm³/mol. The van der Waals surface area contributed by atoms with Crippen LogP contribution >= 0.6 is 0 Å². The summed E-state index contributed by atoms with van der Waals surface area (Å²) in [6.07, 6.45) is 1.95. The van der Waals surface area contributed by atoms with E-state index in [4.69, 9.17) is 19.5 Å². The van der Waals surface area contributed by atoms with Gasteiger partial charge in [-0.25, -0.2) is 4.98 Å². The quantitative estimate of drug-likeness (QED) is 0.733. The number of rotatable bonds is 7. The molecule has 0 bridgehead atoms. The van der Waals surface area contributed by atoms with Gasteiger partial charge in [0.15, 0.2) is 0 Å². The minimum atomic E-state index is 0.287. The summed E-state index contributed by atoms with van der Waals surface area (Å²) >= 11 is 0. The van der Waals surface area contributed by atoms with Crippen LogP contribution in [0.5, 0.6) is 5.75 Å². The van der Waals surface area contributed by atoms with Crippen molar-refractivity contribution in [2.45, 2.75) is 26.4 Å². The first-order valence-corrected chi connectivity index (χ1v) is 10.7. The van der Waals surface area contributed by atoms with Crippen LogP contribution in [0.25, 0.3) is 0 Å². The van der Waals surface area contributed by atoms with Crippen molar-refractivity contribution in [3.63, 3.8) is 0 Å². The van der Waals surface area contributed by atoms with Crippen molar-refractivity contribution >= 4 is 17.2 Å². The van der Waals surface area contributed by atoms with Crippen molar-refractivity contribution in [3.05, 3.63) is 47.8 Å². The number of benzene rings is 1. The lowest BCUT2D eigenvalue weighted by molar-refractivity contribution is 0.122. The molecule has 0 saturated carbocycles. The van der Waals surface area contributed by atoms with Crippen LogP contribution in [0.4, 0.5) is 11.4 Å². The highest BCUT2D eigenvalue weighted by atomic mass is 16.5. The molecular formula is C23H31N5O2. The van der Waals surface area contributed by atoms with Crippen molar-refractivity contribution in [2.75, 3.05) is 50.2 Å². The molecular weight excluding hydrogens is 378 g/mol. The third kappa shape index (κ3) is 4.67. The molecule has 7 heteroatoms. The maximum atomic E-state index is 5.50. The molecule has 0 amide bonds. The molecule has 30 heavy (non-hydrogen) atoms. The van der Waals surface area contributed by atoms with Crippen LogP contribution in [0.2, 0.25) is 0 Å². The van der Waals surface area contributed by atoms with Gasteiger partial charge < -0.3 is 25.0 Å². The Morgan fingerprint density at radius 2 is 2.00 bits per heavy atom. The monoisotopic (exact) mass is 409 g/mol. The van der Waals surface area contributed by atoms with E-state index in [2.05, 4.69) is 47.6 Å². The molecule has 4 rings (SSSR count). The van der Waals surface area contributed by atoms with Crippen molar-refractivity contribution in [2.24, 2.45) is 10.9 Å². The fraction of sp³-hybridized carbons (Fsp3) is 0.478. The highest BCUT2D eigenvalue weighted by molar-refractivity contribution is 6.03. The van der Waals surface area contributed by atoms with E-state index in [9.17, 15) is 0 Å². The molecule has 1 aromatic carbocycles. The molecule has 1 unspecified atom stereocenters. The van der Waals surface area contributed by atoms with Gasteiger partial charge >= 0.3 is 0 Å². The fourth-order valence-electron chi connectivity index (χ4n) is 3.70. The van der Waals surface area contributed by atoms with Crippen LogP contribution in [-0.2, 0) is 11.3 Å². The Bertz CT molecular complexity index is 876. The summed E-state index contributed by atoms with van der Waals surface area (Å²) in [4.78, 5) is 12.0. The van der Waals surface area contributed by atoms with Crippen LogP contribution in [0.15, 0.2) is 41.5 Å². The van der Waals surface area contributed by atoms with Crippen LogP contribution in [-0.4, -0.2) is 56.8 Å². The average molecular weight is 410 g/mol. The van der Waals surface area contributed by atoms with Gasteiger partial charge in [-0.3, -0.25) is 4.99 Å². The highest BCUT2D eigenvalue weighted by Gasteiger charge is 2.24. The molecule has 2 aromatic rings. The fourth-order valence-corrected chi connectivity index (χ4v) is 3.70. The lowest BCUT2D eigenvalue weighted by Gasteiger charge is -2.29. The predicted octanol–water partition coefficient (Wildman–Crippen LogP) is 2.91. The van der Waals surface area contributed by atoms with E-state index >= 15 is 0 Å². The number of morpholine rings is 1. The number of hydrogen-bond acceptors (Lipinski definition) is 7. The number of ether oxygens (including phenoxy) is 2. The third-order valence-corrected chi connectivity index (χ3v) is 5.66. The number of pyridine rings is 1. The number of aromatic nitrogens is 1. The van der Waals surface area contributed by atoms with E-state index in [1.165, 1.54) is 5.56 Å². The Morgan fingerprint density at radius 3 is 2.67 bits per heavy atom. The summed E-state index contributed by atoms with van der Waals surface area (Å²) < 4.78 is 10.8. The highest BCUT2D eigenvalue weighted by Crippen LogP contribution is 2.25. The second-order valence-electron chi connectivity index (χ2n) is 8.06. The number of hydrogen-bond donors (Lipinski definition) is 2. The molecule has 2 N–H and O–H groups in total. The molecule has 0 aliphatic carbocycles. The van der Waals surface area contributed by atoms with Crippen LogP contribution in [0, 0.1) is 5.92 Å². The summed E-state index contributed by atoms with van der Waals surface area (Å²) in [6, 6.07) is 10.6. The minimum Gasteiger partial charge on any atom is -0.497 e. The molecule has 0 radical (unpaired) electrons. The van der Waals surface area contributed by atoms with Gasteiger partial charge in [0.25, 0.3) is 0 Å². The zero-order chi connectivity index (χ0) is 20.9. The number of anilines is 2. The number of aliphatic imine (C=N–C) groups is 1. The maximum absolute atomic E-state index is 5.50. The Kier molecular flexibility index (Phi) is 6.38. The Labute approximate surface area is 178 Å². The van der Waals surface area contributed by atoms with E-state index in [0.717, 1.165) is 61.5 Å². The van der Waals surface area contributed by atoms with E-state index in [-0.39, 0.29) is 6.04 Å². The maximum Gasteiger partial charge on any atom is 0.149 e. The van der Waals surface area contributed by atoms with Gasteiger partial charge in [0.1, 0.15) is 17.3 Å². The van der Waals surface area contributed by atoms with Gasteiger partial charge in [-0.2, -0.15) is 0 Å². The second kappa shape index (κ2) is 9.34. The smallest absolute Gasteiger partial charge is 0.149 e. The van der Waals surface area contributed by atoms with Gasteiger partial charge in [-0.15, -0.1) is 0 Å². The van der Waals surface area contributed by atoms with Crippen molar-refractivity contribution in [1.29, 1.82) is 0 Å². The second-order valence-corrected chi connectivity index (χ2v) is 8.06. The van der Waals surface area contributed by atoms with Gasteiger partial charge in [0.2, 0.25) is 0 Å². The Morgan fingerprint density at radius 1 is 1.23 bits per heavy atom. The molecule has 3 heterocycles. The molecule has 1 aromatic heterocycles.